The highest BCUT2D eigenvalue weighted by Crippen LogP contribution is 2.36. The minimum absolute atomic E-state index is 0.105. The van der Waals surface area contributed by atoms with E-state index in [-0.39, 0.29) is 22.7 Å². The SMILES string of the molecule is COc1cc(NC(=O)c2ccccc2)c(OC)cc1NC(=O)CSc1ccc(Cl)nn1. The fraction of sp³-hybridized carbons (Fsp3) is 0.143. The second kappa shape index (κ2) is 10.6. The van der Waals surface area contributed by atoms with Gasteiger partial charge in [0.25, 0.3) is 5.91 Å². The third kappa shape index (κ3) is 6.09. The Morgan fingerprint density at radius 1 is 0.935 bits per heavy atom. The average molecular weight is 459 g/mol. The lowest BCUT2D eigenvalue weighted by molar-refractivity contribution is -0.113. The smallest absolute Gasteiger partial charge is 0.255 e. The second-order valence-corrected chi connectivity index (χ2v) is 7.49. The number of nitrogens with zero attached hydrogens (tertiary/aromatic N) is 2. The maximum absolute atomic E-state index is 12.5. The highest BCUT2D eigenvalue weighted by atomic mass is 35.5. The number of carbonyl (C=O) groups is 2. The lowest BCUT2D eigenvalue weighted by Crippen LogP contribution is -2.16. The number of benzene rings is 2. The van der Waals surface area contributed by atoms with Gasteiger partial charge in [-0.1, -0.05) is 41.6 Å². The van der Waals surface area contributed by atoms with E-state index >= 15 is 0 Å². The molecule has 0 atom stereocenters. The molecule has 2 aromatic carbocycles. The van der Waals surface area contributed by atoms with Crippen molar-refractivity contribution in [3.63, 3.8) is 0 Å². The van der Waals surface area contributed by atoms with E-state index in [4.69, 9.17) is 21.1 Å². The topological polar surface area (TPSA) is 102 Å². The standard InChI is InChI=1S/C21H19ClN4O4S/c1-29-16-11-15(24-21(28)13-6-4-3-5-7-13)17(30-2)10-14(16)23-19(27)12-31-20-9-8-18(22)25-26-20/h3-11H,12H2,1-2H3,(H,23,27)(H,24,28). The minimum atomic E-state index is -0.293. The molecule has 0 saturated heterocycles. The Morgan fingerprint density at radius 2 is 1.58 bits per heavy atom. The predicted octanol–water partition coefficient (Wildman–Crippen LogP) is 4.13. The zero-order valence-corrected chi connectivity index (χ0v) is 18.3. The summed E-state index contributed by atoms with van der Waals surface area (Å²) in [5.41, 5.74) is 1.32. The fourth-order valence-corrected chi connectivity index (χ4v) is 3.30. The molecular formula is C21H19ClN4O4S. The van der Waals surface area contributed by atoms with Crippen LogP contribution in [0.15, 0.2) is 59.6 Å². The van der Waals surface area contributed by atoms with E-state index in [1.807, 2.05) is 6.07 Å². The molecule has 0 unspecified atom stereocenters. The molecule has 0 aliphatic heterocycles. The van der Waals surface area contributed by atoms with Gasteiger partial charge in [-0.2, -0.15) is 0 Å². The quantitative estimate of drug-likeness (QED) is 0.489. The molecule has 10 heteroatoms. The van der Waals surface area contributed by atoms with Crippen molar-refractivity contribution in [1.29, 1.82) is 0 Å². The number of hydrogen-bond donors (Lipinski definition) is 2. The van der Waals surface area contributed by atoms with Crippen LogP contribution in [-0.4, -0.2) is 42.0 Å². The summed E-state index contributed by atoms with van der Waals surface area (Å²) in [6.07, 6.45) is 0. The molecule has 31 heavy (non-hydrogen) atoms. The van der Waals surface area contributed by atoms with Gasteiger partial charge in [-0.3, -0.25) is 9.59 Å². The number of carbonyl (C=O) groups excluding carboxylic acids is 2. The van der Waals surface area contributed by atoms with Gasteiger partial charge in [0.1, 0.15) is 16.5 Å². The van der Waals surface area contributed by atoms with Crippen LogP contribution in [0.5, 0.6) is 11.5 Å². The Kier molecular flexibility index (Phi) is 7.69. The fourth-order valence-electron chi connectivity index (χ4n) is 2.58. The van der Waals surface area contributed by atoms with Crippen molar-refractivity contribution in [2.24, 2.45) is 0 Å². The summed E-state index contributed by atoms with van der Waals surface area (Å²) in [6.45, 7) is 0. The van der Waals surface area contributed by atoms with Crippen molar-refractivity contribution in [2.75, 3.05) is 30.6 Å². The maximum atomic E-state index is 12.5. The van der Waals surface area contributed by atoms with Crippen molar-refractivity contribution in [2.45, 2.75) is 5.03 Å². The van der Waals surface area contributed by atoms with Gasteiger partial charge in [-0.25, -0.2) is 0 Å². The van der Waals surface area contributed by atoms with Crippen molar-refractivity contribution < 1.29 is 19.1 Å². The van der Waals surface area contributed by atoms with Crippen LogP contribution >= 0.6 is 23.4 Å². The van der Waals surface area contributed by atoms with Crippen molar-refractivity contribution >= 4 is 46.6 Å². The van der Waals surface area contributed by atoms with Gasteiger partial charge in [0, 0.05) is 17.7 Å². The van der Waals surface area contributed by atoms with E-state index in [9.17, 15) is 9.59 Å². The first kappa shape index (κ1) is 22.4. The van der Waals surface area contributed by atoms with E-state index in [2.05, 4.69) is 20.8 Å². The first-order valence-corrected chi connectivity index (χ1v) is 10.4. The molecular weight excluding hydrogens is 440 g/mol. The van der Waals surface area contributed by atoms with E-state index < -0.39 is 0 Å². The van der Waals surface area contributed by atoms with E-state index in [0.29, 0.717) is 33.5 Å². The molecule has 2 N–H and O–H groups in total. The van der Waals surface area contributed by atoms with Gasteiger partial charge in [0.2, 0.25) is 5.91 Å². The van der Waals surface area contributed by atoms with Crippen molar-refractivity contribution in [1.82, 2.24) is 10.2 Å². The molecule has 0 saturated carbocycles. The molecule has 1 heterocycles. The highest BCUT2D eigenvalue weighted by Gasteiger charge is 2.16. The van der Waals surface area contributed by atoms with Crippen LogP contribution in [0.25, 0.3) is 0 Å². The van der Waals surface area contributed by atoms with Crippen LogP contribution in [0.1, 0.15) is 10.4 Å². The number of thioether (sulfide) groups is 1. The molecule has 0 aliphatic carbocycles. The maximum Gasteiger partial charge on any atom is 0.255 e. The number of methoxy groups -OCH3 is 2. The first-order chi connectivity index (χ1) is 15.0. The van der Waals surface area contributed by atoms with Crippen molar-refractivity contribution in [3.8, 4) is 11.5 Å². The number of amides is 2. The molecule has 0 fully saturated rings. The highest BCUT2D eigenvalue weighted by molar-refractivity contribution is 7.99. The molecule has 0 bridgehead atoms. The summed E-state index contributed by atoms with van der Waals surface area (Å²) in [6, 6.07) is 15.3. The van der Waals surface area contributed by atoms with Gasteiger partial charge in [-0.15, -0.1) is 10.2 Å². The summed E-state index contributed by atoms with van der Waals surface area (Å²) in [5.74, 6) is 0.278. The number of anilines is 2. The summed E-state index contributed by atoms with van der Waals surface area (Å²) in [7, 11) is 2.94. The number of aromatic nitrogens is 2. The van der Waals surface area contributed by atoms with E-state index in [0.717, 1.165) is 0 Å². The number of ether oxygens (including phenoxy) is 2. The van der Waals surface area contributed by atoms with Crippen LogP contribution in [0.4, 0.5) is 11.4 Å². The molecule has 3 rings (SSSR count). The van der Waals surface area contributed by atoms with Crippen LogP contribution < -0.4 is 20.1 Å². The van der Waals surface area contributed by atoms with Gasteiger partial charge in [0.05, 0.1) is 31.3 Å². The second-order valence-electron chi connectivity index (χ2n) is 6.10. The Bertz CT molecular complexity index is 1060. The molecule has 0 aliphatic rings. The molecule has 8 nitrogen and oxygen atoms in total. The van der Waals surface area contributed by atoms with Crippen molar-refractivity contribution in [3.05, 3.63) is 65.3 Å². The van der Waals surface area contributed by atoms with Crippen LogP contribution in [-0.2, 0) is 4.79 Å². The summed E-state index contributed by atoms with van der Waals surface area (Å²) in [5, 5.41) is 14.1. The van der Waals surface area contributed by atoms with E-state index in [1.54, 1.807) is 48.5 Å². The van der Waals surface area contributed by atoms with Crippen LogP contribution in [0.3, 0.4) is 0 Å². The molecule has 0 radical (unpaired) electrons. The number of hydrogen-bond acceptors (Lipinski definition) is 7. The Morgan fingerprint density at radius 3 is 2.16 bits per heavy atom. The molecule has 1 aromatic heterocycles. The van der Waals surface area contributed by atoms with Gasteiger partial charge < -0.3 is 20.1 Å². The number of rotatable bonds is 8. The van der Waals surface area contributed by atoms with Gasteiger partial charge >= 0.3 is 0 Å². The summed E-state index contributed by atoms with van der Waals surface area (Å²) in [4.78, 5) is 24.9. The van der Waals surface area contributed by atoms with Gasteiger partial charge in [-0.05, 0) is 24.3 Å². The predicted molar refractivity (Wildman–Crippen MR) is 120 cm³/mol. The molecule has 0 spiro atoms. The molecule has 3 aromatic rings. The minimum Gasteiger partial charge on any atom is -0.494 e. The lowest BCUT2D eigenvalue weighted by Gasteiger charge is -2.16. The third-order valence-corrected chi connectivity index (χ3v) is 5.16. The number of halogens is 1. The third-order valence-electron chi connectivity index (χ3n) is 4.04. The zero-order chi connectivity index (χ0) is 22.2. The summed E-state index contributed by atoms with van der Waals surface area (Å²) >= 11 is 6.92. The molecule has 160 valence electrons. The average Bonchev–Trinajstić information content (AvgIpc) is 2.79. The molecule has 2 amide bonds. The van der Waals surface area contributed by atoms with Crippen LogP contribution in [0.2, 0.25) is 5.15 Å². The number of nitrogens with one attached hydrogen (secondary N) is 2. The Hall–Kier alpha value is -3.30. The van der Waals surface area contributed by atoms with Gasteiger partial charge in [0.15, 0.2) is 5.15 Å². The van der Waals surface area contributed by atoms with E-state index in [1.165, 1.54) is 26.0 Å². The van der Waals surface area contributed by atoms with Crippen LogP contribution in [0, 0.1) is 0 Å². The Balaban J connectivity index is 1.72. The lowest BCUT2D eigenvalue weighted by atomic mass is 10.2. The normalized spacial score (nSPS) is 10.3. The summed E-state index contributed by atoms with van der Waals surface area (Å²) < 4.78 is 10.8. The largest absolute Gasteiger partial charge is 0.494 e. The Labute approximate surface area is 188 Å². The monoisotopic (exact) mass is 458 g/mol. The zero-order valence-electron chi connectivity index (χ0n) is 16.7. The first-order valence-electron chi connectivity index (χ1n) is 9.04.